The van der Waals surface area contributed by atoms with E-state index in [0.717, 1.165) is 68.2 Å². The van der Waals surface area contributed by atoms with E-state index >= 15 is 0 Å². The highest BCUT2D eigenvalue weighted by molar-refractivity contribution is 6.03. The van der Waals surface area contributed by atoms with Gasteiger partial charge in [0, 0.05) is 44.6 Å². The molecular formula is C42H66N2O7. The smallest absolute Gasteiger partial charge is 0.239 e. The SMILES string of the molecule is C=CCOC12Oc3ccc(O)cc3C3C(CCCCO)C(CCCCO)C=C(C(=NOCC)CC1N(C)C(=O)CCCCCCCCCCC)C32. The van der Waals surface area contributed by atoms with E-state index < -0.39 is 11.8 Å². The first-order valence-electron chi connectivity index (χ1n) is 20.0. The number of fused-ring (bicyclic) bond motifs is 2. The third-order valence-corrected chi connectivity index (χ3v) is 11.3. The summed E-state index contributed by atoms with van der Waals surface area (Å²) in [6, 6.07) is 4.80. The van der Waals surface area contributed by atoms with Gasteiger partial charge < -0.3 is 34.5 Å². The second kappa shape index (κ2) is 21.0. The van der Waals surface area contributed by atoms with Gasteiger partial charge in [0.2, 0.25) is 11.7 Å². The summed E-state index contributed by atoms with van der Waals surface area (Å²) in [5.41, 5.74) is 2.73. The second-order valence-corrected chi connectivity index (χ2v) is 14.8. The Balaban J connectivity index is 1.74. The molecule has 1 saturated carbocycles. The minimum Gasteiger partial charge on any atom is -0.508 e. The number of nitrogens with zero attached hydrogens (tertiary/aromatic N) is 2. The van der Waals surface area contributed by atoms with Crippen LogP contribution in [0.3, 0.4) is 0 Å². The molecule has 0 spiro atoms. The number of amides is 1. The molecule has 0 aromatic heterocycles. The predicted molar refractivity (Wildman–Crippen MR) is 203 cm³/mol. The number of aliphatic hydroxyl groups excluding tert-OH is 2. The second-order valence-electron chi connectivity index (χ2n) is 14.8. The minimum atomic E-state index is -1.24. The number of aromatic hydroxyl groups is 1. The number of hydrogen-bond acceptors (Lipinski definition) is 8. The maximum Gasteiger partial charge on any atom is 0.239 e. The number of likely N-dealkylation sites (N-methyl/N-ethyl adjacent to an activating group) is 1. The van der Waals surface area contributed by atoms with Crippen molar-refractivity contribution in [2.45, 2.75) is 141 Å². The summed E-state index contributed by atoms with van der Waals surface area (Å²) in [5, 5.41) is 34.9. The number of allylic oxidation sites excluding steroid dienone is 1. The Hall–Kier alpha value is -2.88. The summed E-state index contributed by atoms with van der Waals surface area (Å²) >= 11 is 0. The maximum atomic E-state index is 14.1. The van der Waals surface area contributed by atoms with Gasteiger partial charge in [-0.05, 0) is 74.6 Å². The summed E-state index contributed by atoms with van der Waals surface area (Å²) in [6.45, 7) is 9.05. The van der Waals surface area contributed by atoms with E-state index in [1.54, 1.807) is 12.1 Å². The summed E-state index contributed by atoms with van der Waals surface area (Å²) in [7, 11) is 1.87. The Kier molecular flexibility index (Phi) is 16.8. The number of oxime groups is 1. The number of ether oxygens (including phenoxy) is 2. The van der Waals surface area contributed by atoms with Crippen LogP contribution < -0.4 is 4.74 Å². The van der Waals surface area contributed by atoms with Crippen LogP contribution >= 0.6 is 0 Å². The molecule has 0 saturated heterocycles. The van der Waals surface area contributed by atoms with Gasteiger partial charge in [-0.2, -0.15) is 0 Å². The molecule has 0 bridgehead atoms. The Morgan fingerprint density at radius 3 is 2.35 bits per heavy atom. The molecule has 2 aliphatic carbocycles. The van der Waals surface area contributed by atoms with Crippen molar-refractivity contribution < 1.29 is 34.4 Å². The van der Waals surface area contributed by atoms with Crippen molar-refractivity contribution in [2.75, 3.05) is 33.5 Å². The highest BCUT2D eigenvalue weighted by Crippen LogP contribution is 2.61. The van der Waals surface area contributed by atoms with Gasteiger partial charge in [-0.15, -0.1) is 6.58 Å². The summed E-state index contributed by atoms with van der Waals surface area (Å²) < 4.78 is 14.0. The first-order valence-corrected chi connectivity index (χ1v) is 20.0. The molecule has 1 aliphatic heterocycles. The lowest BCUT2D eigenvalue weighted by Crippen LogP contribution is -2.69. The van der Waals surface area contributed by atoms with Crippen molar-refractivity contribution >= 4 is 11.6 Å². The van der Waals surface area contributed by atoms with Crippen molar-refractivity contribution in [1.29, 1.82) is 0 Å². The number of carbonyl (C=O) groups excluding carboxylic acids is 1. The van der Waals surface area contributed by atoms with Crippen LogP contribution in [0.15, 0.2) is 47.7 Å². The van der Waals surface area contributed by atoms with E-state index in [2.05, 4.69) is 19.6 Å². The summed E-state index contributed by atoms with van der Waals surface area (Å²) in [4.78, 5) is 21.7. The number of hydrogen-bond donors (Lipinski definition) is 3. The van der Waals surface area contributed by atoms with Gasteiger partial charge in [0.25, 0.3) is 0 Å². The van der Waals surface area contributed by atoms with Crippen LogP contribution in [0.25, 0.3) is 0 Å². The molecule has 1 heterocycles. The van der Waals surface area contributed by atoms with E-state index in [1.165, 1.54) is 38.5 Å². The first kappa shape index (κ1) is 40.9. The molecule has 3 N–H and O–H groups in total. The number of phenolic OH excluding ortho intramolecular Hbond substituents is 1. The van der Waals surface area contributed by atoms with Crippen molar-refractivity contribution in [3.05, 3.63) is 48.1 Å². The highest BCUT2D eigenvalue weighted by atomic mass is 16.7. The van der Waals surface area contributed by atoms with Crippen LogP contribution in [0.2, 0.25) is 0 Å². The zero-order valence-electron chi connectivity index (χ0n) is 31.7. The lowest BCUT2D eigenvalue weighted by atomic mass is 9.55. The van der Waals surface area contributed by atoms with Gasteiger partial charge in [0.1, 0.15) is 24.1 Å². The molecule has 9 heteroatoms. The molecule has 286 valence electrons. The average molecular weight is 711 g/mol. The van der Waals surface area contributed by atoms with E-state index in [9.17, 15) is 20.1 Å². The maximum absolute atomic E-state index is 14.1. The van der Waals surface area contributed by atoms with Gasteiger partial charge in [0.15, 0.2) is 0 Å². The fraction of sp³-hybridized carbons (Fsp3) is 0.714. The molecule has 6 unspecified atom stereocenters. The monoisotopic (exact) mass is 710 g/mol. The zero-order valence-corrected chi connectivity index (χ0v) is 31.7. The number of carbonyl (C=O) groups is 1. The van der Waals surface area contributed by atoms with Crippen LogP contribution in [0, 0.1) is 17.8 Å². The van der Waals surface area contributed by atoms with Gasteiger partial charge in [-0.1, -0.05) is 88.4 Å². The lowest BCUT2D eigenvalue weighted by molar-refractivity contribution is -0.255. The number of unbranched alkanes of at least 4 members (excludes halogenated alkanes) is 10. The quantitative estimate of drug-likeness (QED) is 0.0560. The van der Waals surface area contributed by atoms with Gasteiger partial charge in [0.05, 0.1) is 18.2 Å². The zero-order chi connectivity index (χ0) is 36.6. The third kappa shape index (κ3) is 10.2. The van der Waals surface area contributed by atoms with Crippen molar-refractivity contribution in [3.8, 4) is 11.5 Å². The molecule has 1 fully saturated rings. The molecular weight excluding hydrogens is 644 g/mol. The van der Waals surface area contributed by atoms with Crippen molar-refractivity contribution in [2.24, 2.45) is 22.9 Å². The fourth-order valence-corrected chi connectivity index (χ4v) is 8.82. The van der Waals surface area contributed by atoms with Crippen molar-refractivity contribution in [1.82, 2.24) is 4.90 Å². The average Bonchev–Trinajstić information content (AvgIpc) is 3.13. The topological polar surface area (TPSA) is 121 Å². The van der Waals surface area contributed by atoms with Gasteiger partial charge in [-0.25, -0.2) is 0 Å². The van der Waals surface area contributed by atoms with Crippen LogP contribution in [0.4, 0.5) is 0 Å². The normalized spacial score (nSPS) is 25.8. The van der Waals surface area contributed by atoms with E-state index in [0.29, 0.717) is 31.6 Å². The van der Waals surface area contributed by atoms with Gasteiger partial charge >= 0.3 is 0 Å². The number of rotatable bonds is 24. The number of aliphatic hydroxyl groups is 2. The third-order valence-electron chi connectivity index (χ3n) is 11.3. The molecule has 0 radical (unpaired) electrons. The van der Waals surface area contributed by atoms with Crippen molar-refractivity contribution in [3.63, 3.8) is 0 Å². The first-order chi connectivity index (χ1) is 24.9. The molecule has 1 aromatic carbocycles. The van der Waals surface area contributed by atoms with Gasteiger partial charge in [-0.3, -0.25) is 4.79 Å². The van der Waals surface area contributed by atoms with E-state index in [1.807, 2.05) is 31.0 Å². The van der Waals surface area contributed by atoms with Crippen LogP contribution in [-0.2, 0) is 14.4 Å². The van der Waals surface area contributed by atoms with Crippen LogP contribution in [0.1, 0.15) is 134 Å². The molecule has 3 aliphatic rings. The molecule has 51 heavy (non-hydrogen) atoms. The van der Waals surface area contributed by atoms with Crippen LogP contribution in [-0.4, -0.2) is 77.1 Å². The minimum absolute atomic E-state index is 0.0570. The fourth-order valence-electron chi connectivity index (χ4n) is 8.82. The predicted octanol–water partition coefficient (Wildman–Crippen LogP) is 8.43. The standard InChI is InChI=1S/C42H66N2O7/c1-5-8-9-10-11-12-13-14-15-22-39(48)44(4)38-30-36(43-50-7-3)34-28-31(20-16-18-25-45)33(21-17-19-26-46)40-35-29-32(47)23-24-37(35)51-42(38,41(34)40)49-27-6-2/h6,23-24,28-29,31,33,38,40-41,45-47H,2,5,7-22,25-27,30H2,1,3-4H3. The number of phenols is 1. The lowest BCUT2D eigenvalue weighted by Gasteiger charge is -2.59. The molecule has 9 nitrogen and oxygen atoms in total. The summed E-state index contributed by atoms with van der Waals surface area (Å²) in [6.07, 6.45) is 20.5. The largest absolute Gasteiger partial charge is 0.508 e. The Morgan fingerprint density at radius 1 is 1.00 bits per heavy atom. The molecule has 1 amide bonds. The van der Waals surface area contributed by atoms with Crippen LogP contribution in [0.5, 0.6) is 11.5 Å². The Morgan fingerprint density at radius 2 is 1.69 bits per heavy atom. The molecule has 1 aromatic rings. The van der Waals surface area contributed by atoms with E-state index in [-0.39, 0.29) is 55.1 Å². The molecule has 4 rings (SSSR count). The summed E-state index contributed by atoms with van der Waals surface area (Å²) in [5.74, 6) is -0.546. The molecule has 6 atom stereocenters. The van der Waals surface area contributed by atoms with E-state index in [4.69, 9.17) is 19.5 Å². The number of benzene rings is 1. The highest BCUT2D eigenvalue weighted by Gasteiger charge is 2.65. The Bertz CT molecular complexity index is 1300. The Labute approximate surface area is 307 Å².